The minimum atomic E-state index is -0.547. The second-order valence-corrected chi connectivity index (χ2v) is 12.1. The van der Waals surface area contributed by atoms with Gasteiger partial charge in [0.15, 0.2) is 5.16 Å². The Hall–Kier alpha value is -3.47. The summed E-state index contributed by atoms with van der Waals surface area (Å²) >= 11 is 8.16. The summed E-state index contributed by atoms with van der Waals surface area (Å²) in [4.78, 5) is 41.3. The van der Waals surface area contributed by atoms with Gasteiger partial charge < -0.3 is 14.4 Å². The number of aryl methyl sites for hydroxylation is 1. The molecule has 1 aliphatic heterocycles. The van der Waals surface area contributed by atoms with Crippen LogP contribution < -0.4 is 5.56 Å². The molecule has 11 heteroatoms. The van der Waals surface area contributed by atoms with Crippen LogP contribution in [0.25, 0.3) is 33.4 Å². The summed E-state index contributed by atoms with van der Waals surface area (Å²) < 4.78 is 13.0. The molecule has 214 valence electrons. The molecule has 0 unspecified atom stereocenters. The molecular formula is C30H32ClN5O4S. The Bertz CT molecular complexity index is 1660. The fourth-order valence-electron chi connectivity index (χ4n) is 4.57. The summed E-state index contributed by atoms with van der Waals surface area (Å²) in [6.45, 7) is 8.89. The number of ether oxygens (including phenoxy) is 2. The number of benzene rings is 1. The van der Waals surface area contributed by atoms with Gasteiger partial charge in [-0.05, 0) is 58.2 Å². The maximum absolute atomic E-state index is 13.9. The van der Waals surface area contributed by atoms with Crippen LogP contribution in [0, 0.1) is 6.92 Å². The van der Waals surface area contributed by atoms with Gasteiger partial charge in [0, 0.05) is 39.0 Å². The number of rotatable bonds is 7. The lowest BCUT2D eigenvalue weighted by molar-refractivity contribution is -0.0645. The molecule has 41 heavy (non-hydrogen) atoms. The van der Waals surface area contributed by atoms with Crippen molar-refractivity contribution in [3.05, 3.63) is 69.7 Å². The van der Waals surface area contributed by atoms with Gasteiger partial charge in [0.25, 0.3) is 5.56 Å². The van der Waals surface area contributed by atoms with Crippen molar-refractivity contribution < 1.29 is 14.3 Å². The first kappa shape index (κ1) is 29.0. The molecule has 5 rings (SSSR count). The molecule has 0 atom stereocenters. The highest BCUT2D eigenvalue weighted by atomic mass is 35.5. The van der Waals surface area contributed by atoms with Crippen LogP contribution in [0.2, 0.25) is 5.02 Å². The topological polar surface area (TPSA) is 99.4 Å². The molecule has 0 radical (unpaired) electrons. The molecule has 0 bridgehead atoms. The van der Waals surface area contributed by atoms with E-state index in [9.17, 15) is 9.59 Å². The van der Waals surface area contributed by atoms with Crippen molar-refractivity contribution >= 4 is 40.5 Å². The van der Waals surface area contributed by atoms with E-state index in [-0.39, 0.29) is 30.9 Å². The van der Waals surface area contributed by atoms with Crippen LogP contribution in [0.1, 0.15) is 26.5 Å². The van der Waals surface area contributed by atoms with Gasteiger partial charge >= 0.3 is 6.09 Å². The lowest BCUT2D eigenvalue weighted by Crippen LogP contribution is -2.56. The highest BCUT2D eigenvalue weighted by Crippen LogP contribution is 2.32. The summed E-state index contributed by atoms with van der Waals surface area (Å²) in [5.74, 6) is 0. The fourth-order valence-corrected chi connectivity index (χ4v) is 5.19. The highest BCUT2D eigenvalue weighted by molar-refractivity contribution is 7.98. The van der Waals surface area contributed by atoms with Gasteiger partial charge in [-0.15, -0.1) is 0 Å². The maximum Gasteiger partial charge on any atom is 0.410 e. The number of hydrogen-bond acceptors (Lipinski definition) is 8. The summed E-state index contributed by atoms with van der Waals surface area (Å²) in [6, 6.07) is 13.2. The quantitative estimate of drug-likeness (QED) is 0.195. The second-order valence-electron chi connectivity index (χ2n) is 10.9. The zero-order chi connectivity index (χ0) is 29.3. The third-order valence-electron chi connectivity index (χ3n) is 6.60. The molecule has 1 aromatic carbocycles. The van der Waals surface area contributed by atoms with Crippen molar-refractivity contribution in [3.8, 4) is 22.4 Å². The lowest BCUT2D eigenvalue weighted by Gasteiger charge is -2.39. The highest BCUT2D eigenvalue weighted by Gasteiger charge is 2.34. The van der Waals surface area contributed by atoms with Crippen LogP contribution in [-0.4, -0.2) is 68.2 Å². The number of nitrogens with zero attached hydrogens (tertiary/aromatic N) is 5. The number of hydrogen-bond donors (Lipinski definition) is 0. The molecule has 4 aromatic rings. The van der Waals surface area contributed by atoms with Gasteiger partial charge in [-0.2, -0.15) is 0 Å². The Morgan fingerprint density at radius 1 is 1.12 bits per heavy atom. The predicted molar refractivity (Wildman–Crippen MR) is 162 cm³/mol. The van der Waals surface area contributed by atoms with Crippen LogP contribution in [0.5, 0.6) is 0 Å². The van der Waals surface area contributed by atoms with E-state index in [1.807, 2.05) is 70.3 Å². The Morgan fingerprint density at radius 2 is 1.90 bits per heavy atom. The average molecular weight is 594 g/mol. The molecule has 0 aliphatic carbocycles. The van der Waals surface area contributed by atoms with Crippen LogP contribution >= 0.6 is 23.4 Å². The number of carbonyl (C=O) groups is 1. The van der Waals surface area contributed by atoms with Gasteiger partial charge in [-0.1, -0.05) is 41.6 Å². The monoisotopic (exact) mass is 593 g/mol. The molecular weight excluding hydrogens is 562 g/mol. The first-order valence-electron chi connectivity index (χ1n) is 13.3. The van der Waals surface area contributed by atoms with Crippen LogP contribution in [-0.2, 0) is 16.0 Å². The summed E-state index contributed by atoms with van der Waals surface area (Å²) in [6.07, 6.45) is 3.13. The fraction of sp³-hybridized carbons (Fsp3) is 0.367. The minimum Gasteiger partial charge on any atom is -0.444 e. The Labute approximate surface area is 247 Å². The zero-order valence-corrected chi connectivity index (χ0v) is 25.3. The number of aromatic nitrogens is 4. The van der Waals surface area contributed by atoms with Crippen molar-refractivity contribution in [2.24, 2.45) is 0 Å². The molecule has 0 N–H and O–H groups in total. The zero-order valence-electron chi connectivity index (χ0n) is 23.7. The number of amides is 1. The van der Waals surface area contributed by atoms with Gasteiger partial charge in [0.05, 0.1) is 38.0 Å². The average Bonchev–Trinajstić information content (AvgIpc) is 2.89. The van der Waals surface area contributed by atoms with Crippen LogP contribution in [0.15, 0.2) is 58.6 Å². The predicted octanol–water partition coefficient (Wildman–Crippen LogP) is 5.84. The first-order chi connectivity index (χ1) is 19.5. The largest absolute Gasteiger partial charge is 0.444 e. The standard InChI is InChI=1S/C30H32ClN5O4S/c1-18-7-6-8-25(33-18)19-9-10-22(24(31)14-19)23-13-20-15-32-28(41-5)34-26(20)36(27(23)37)11-12-39-21-16-35(17-21)29(38)40-30(2,3)4/h6-10,13-15,21H,11-12,16-17H2,1-5H3. The molecule has 1 amide bonds. The van der Waals surface area contributed by atoms with E-state index in [1.54, 1.807) is 21.7 Å². The van der Waals surface area contributed by atoms with Crippen molar-refractivity contribution in [2.75, 3.05) is 26.0 Å². The van der Waals surface area contributed by atoms with Crippen molar-refractivity contribution in [1.82, 2.24) is 24.4 Å². The van der Waals surface area contributed by atoms with Crippen molar-refractivity contribution in [2.45, 2.75) is 51.1 Å². The normalized spacial score (nSPS) is 13.9. The number of thioether (sulfide) groups is 1. The maximum atomic E-state index is 13.9. The number of likely N-dealkylation sites (tertiary alicyclic amines) is 1. The van der Waals surface area contributed by atoms with Gasteiger partial charge in [-0.25, -0.2) is 14.8 Å². The van der Waals surface area contributed by atoms with E-state index in [2.05, 4.69) is 15.0 Å². The van der Waals surface area contributed by atoms with E-state index in [0.29, 0.717) is 40.0 Å². The summed E-state index contributed by atoms with van der Waals surface area (Å²) in [5.41, 5.74) is 3.41. The number of fused-ring (bicyclic) bond motifs is 1. The molecule has 1 aliphatic rings. The molecule has 1 fully saturated rings. The van der Waals surface area contributed by atoms with Crippen LogP contribution in [0.3, 0.4) is 0 Å². The Balaban J connectivity index is 1.39. The lowest BCUT2D eigenvalue weighted by atomic mass is 10.0. The van der Waals surface area contributed by atoms with Gasteiger partial charge in [-0.3, -0.25) is 14.3 Å². The van der Waals surface area contributed by atoms with Gasteiger partial charge in [0.2, 0.25) is 0 Å². The number of halogens is 1. The van der Waals surface area contributed by atoms with E-state index in [0.717, 1.165) is 22.3 Å². The number of pyridine rings is 2. The molecule has 1 saturated heterocycles. The Morgan fingerprint density at radius 3 is 2.59 bits per heavy atom. The SMILES string of the molecule is CSc1ncc2cc(-c3ccc(-c4cccc(C)n4)cc3Cl)c(=O)n(CCOC3CN(C(=O)OC(C)(C)C)C3)c2n1. The van der Waals surface area contributed by atoms with E-state index < -0.39 is 5.60 Å². The molecule has 4 heterocycles. The van der Waals surface area contributed by atoms with Crippen molar-refractivity contribution in [1.29, 1.82) is 0 Å². The van der Waals surface area contributed by atoms with Crippen LogP contribution in [0.4, 0.5) is 4.79 Å². The summed E-state index contributed by atoms with van der Waals surface area (Å²) in [5, 5.41) is 1.74. The molecule has 9 nitrogen and oxygen atoms in total. The Kier molecular flexibility index (Phi) is 8.35. The van der Waals surface area contributed by atoms with E-state index in [4.69, 9.17) is 21.1 Å². The van der Waals surface area contributed by atoms with Gasteiger partial charge in [0.1, 0.15) is 11.2 Å². The second kappa shape index (κ2) is 11.8. The first-order valence-corrected chi connectivity index (χ1v) is 14.9. The van der Waals surface area contributed by atoms with E-state index >= 15 is 0 Å². The van der Waals surface area contributed by atoms with E-state index in [1.165, 1.54) is 11.8 Å². The molecule has 3 aromatic heterocycles. The number of carbonyl (C=O) groups excluding carboxylic acids is 1. The molecule has 0 saturated carbocycles. The van der Waals surface area contributed by atoms with Crippen molar-refractivity contribution in [3.63, 3.8) is 0 Å². The smallest absolute Gasteiger partial charge is 0.410 e. The minimum absolute atomic E-state index is 0.124. The molecule has 0 spiro atoms. The summed E-state index contributed by atoms with van der Waals surface area (Å²) in [7, 11) is 0. The third-order valence-corrected chi connectivity index (χ3v) is 7.47. The third kappa shape index (κ3) is 6.55.